The standard InChI is InChI=1S/C17H27NO3/c19-16(10-13-9-11-6-7-12(13)8-11)18-15-5-3-1-2-4-14(15)17(20)21/h11-15H,1-10H2,(H,18,19)(H,20,21). The summed E-state index contributed by atoms with van der Waals surface area (Å²) in [4.78, 5) is 23.7. The molecule has 3 aliphatic carbocycles. The van der Waals surface area contributed by atoms with Gasteiger partial charge in [-0.2, -0.15) is 0 Å². The highest BCUT2D eigenvalue weighted by atomic mass is 16.4. The monoisotopic (exact) mass is 293 g/mol. The van der Waals surface area contributed by atoms with Crippen LogP contribution in [0.2, 0.25) is 0 Å². The molecule has 3 saturated carbocycles. The number of hydrogen-bond donors (Lipinski definition) is 2. The van der Waals surface area contributed by atoms with Crippen LogP contribution in [-0.4, -0.2) is 23.0 Å². The Morgan fingerprint density at radius 3 is 2.48 bits per heavy atom. The maximum Gasteiger partial charge on any atom is 0.308 e. The quantitative estimate of drug-likeness (QED) is 0.783. The highest BCUT2D eigenvalue weighted by molar-refractivity contribution is 5.78. The van der Waals surface area contributed by atoms with Gasteiger partial charge in [0.05, 0.1) is 5.92 Å². The van der Waals surface area contributed by atoms with E-state index in [-0.39, 0.29) is 11.9 Å². The molecule has 0 radical (unpaired) electrons. The Labute approximate surface area is 126 Å². The van der Waals surface area contributed by atoms with Crippen molar-refractivity contribution in [3.05, 3.63) is 0 Å². The van der Waals surface area contributed by atoms with Gasteiger partial charge < -0.3 is 10.4 Å². The van der Waals surface area contributed by atoms with E-state index in [4.69, 9.17) is 0 Å². The lowest BCUT2D eigenvalue weighted by Gasteiger charge is -2.25. The Hall–Kier alpha value is -1.06. The molecule has 4 nitrogen and oxygen atoms in total. The summed E-state index contributed by atoms with van der Waals surface area (Å²) in [5.74, 6) is 1.12. The molecule has 2 bridgehead atoms. The van der Waals surface area contributed by atoms with Crippen LogP contribution in [0.4, 0.5) is 0 Å². The fraction of sp³-hybridized carbons (Fsp3) is 0.882. The smallest absolute Gasteiger partial charge is 0.308 e. The Morgan fingerprint density at radius 1 is 1.00 bits per heavy atom. The lowest BCUT2D eigenvalue weighted by molar-refractivity contribution is -0.143. The molecule has 3 rings (SSSR count). The predicted molar refractivity (Wildman–Crippen MR) is 79.7 cm³/mol. The Bertz CT molecular complexity index is 409. The van der Waals surface area contributed by atoms with Gasteiger partial charge in [0, 0.05) is 12.5 Å². The van der Waals surface area contributed by atoms with Gasteiger partial charge in [0.2, 0.25) is 5.91 Å². The molecule has 2 N–H and O–H groups in total. The van der Waals surface area contributed by atoms with E-state index in [1.165, 1.54) is 25.7 Å². The predicted octanol–water partition coefficient (Wildman–Crippen LogP) is 2.96. The normalized spacial score (nSPS) is 39.0. The van der Waals surface area contributed by atoms with Gasteiger partial charge in [0.15, 0.2) is 0 Å². The van der Waals surface area contributed by atoms with Crippen LogP contribution in [-0.2, 0) is 9.59 Å². The molecule has 0 aromatic carbocycles. The highest BCUT2D eigenvalue weighted by Crippen LogP contribution is 2.49. The zero-order chi connectivity index (χ0) is 14.8. The van der Waals surface area contributed by atoms with E-state index in [1.807, 2.05) is 0 Å². The largest absolute Gasteiger partial charge is 0.481 e. The number of carbonyl (C=O) groups excluding carboxylic acids is 1. The Balaban J connectivity index is 1.53. The first kappa shape index (κ1) is 14.9. The van der Waals surface area contributed by atoms with E-state index in [0.29, 0.717) is 18.8 Å². The van der Waals surface area contributed by atoms with Gasteiger partial charge in [0.1, 0.15) is 0 Å². The molecule has 0 aliphatic heterocycles. The summed E-state index contributed by atoms with van der Waals surface area (Å²) in [6.07, 6.45) is 10.4. The average Bonchev–Trinajstić information content (AvgIpc) is 2.96. The van der Waals surface area contributed by atoms with Gasteiger partial charge in [-0.25, -0.2) is 0 Å². The van der Waals surface area contributed by atoms with Crippen molar-refractivity contribution in [3.63, 3.8) is 0 Å². The summed E-state index contributed by atoms with van der Waals surface area (Å²) in [6.45, 7) is 0. The molecule has 0 heterocycles. The first-order chi connectivity index (χ1) is 10.1. The first-order valence-electron chi connectivity index (χ1n) is 8.65. The Morgan fingerprint density at radius 2 is 1.81 bits per heavy atom. The van der Waals surface area contributed by atoms with Crippen LogP contribution in [0.3, 0.4) is 0 Å². The number of carbonyl (C=O) groups is 2. The molecule has 0 aromatic heterocycles. The van der Waals surface area contributed by atoms with Crippen LogP contribution in [0.25, 0.3) is 0 Å². The van der Waals surface area contributed by atoms with E-state index in [0.717, 1.165) is 37.5 Å². The Kier molecular flexibility index (Phi) is 4.51. The van der Waals surface area contributed by atoms with E-state index < -0.39 is 11.9 Å². The number of carboxylic acid groups (broad SMARTS) is 1. The zero-order valence-corrected chi connectivity index (χ0v) is 12.7. The summed E-state index contributed by atoms with van der Waals surface area (Å²) in [6, 6.07) is -0.156. The van der Waals surface area contributed by atoms with Crippen molar-refractivity contribution in [1.82, 2.24) is 5.32 Å². The van der Waals surface area contributed by atoms with Crippen LogP contribution < -0.4 is 5.32 Å². The third-order valence-corrected chi connectivity index (χ3v) is 6.01. The molecule has 3 aliphatic rings. The fourth-order valence-corrected chi connectivity index (χ4v) is 4.91. The van der Waals surface area contributed by atoms with Crippen molar-refractivity contribution in [2.24, 2.45) is 23.7 Å². The summed E-state index contributed by atoms with van der Waals surface area (Å²) in [5.41, 5.74) is 0. The average molecular weight is 293 g/mol. The van der Waals surface area contributed by atoms with Gasteiger partial charge >= 0.3 is 5.97 Å². The van der Waals surface area contributed by atoms with Crippen LogP contribution in [0.15, 0.2) is 0 Å². The lowest BCUT2D eigenvalue weighted by Crippen LogP contribution is -2.43. The number of nitrogens with one attached hydrogen (secondary N) is 1. The van der Waals surface area contributed by atoms with Crippen LogP contribution in [0, 0.1) is 23.7 Å². The second-order valence-electron chi connectivity index (χ2n) is 7.40. The molecule has 21 heavy (non-hydrogen) atoms. The molecule has 5 unspecified atom stereocenters. The maximum atomic E-state index is 12.3. The van der Waals surface area contributed by atoms with E-state index in [9.17, 15) is 14.7 Å². The molecule has 5 atom stereocenters. The van der Waals surface area contributed by atoms with E-state index in [1.54, 1.807) is 0 Å². The maximum absolute atomic E-state index is 12.3. The number of rotatable bonds is 4. The molecular formula is C17H27NO3. The first-order valence-corrected chi connectivity index (χ1v) is 8.65. The minimum absolute atomic E-state index is 0.0886. The molecule has 4 heteroatoms. The van der Waals surface area contributed by atoms with Crippen molar-refractivity contribution < 1.29 is 14.7 Å². The molecule has 0 spiro atoms. The van der Waals surface area contributed by atoms with Gasteiger partial charge in [-0.15, -0.1) is 0 Å². The summed E-state index contributed by atoms with van der Waals surface area (Å²) in [5, 5.41) is 12.4. The third kappa shape index (κ3) is 3.41. The fourth-order valence-electron chi connectivity index (χ4n) is 4.91. The van der Waals surface area contributed by atoms with Crippen LogP contribution in [0.5, 0.6) is 0 Å². The molecular weight excluding hydrogens is 266 g/mol. The third-order valence-electron chi connectivity index (χ3n) is 6.01. The SMILES string of the molecule is O=C(CC1CC2CCC1C2)NC1CCCCCC1C(=O)O. The van der Waals surface area contributed by atoms with Crippen molar-refractivity contribution in [2.45, 2.75) is 70.3 Å². The minimum Gasteiger partial charge on any atom is -0.481 e. The van der Waals surface area contributed by atoms with Gasteiger partial charge in [-0.3, -0.25) is 9.59 Å². The molecule has 1 amide bonds. The number of hydrogen-bond acceptors (Lipinski definition) is 2. The lowest BCUT2D eigenvalue weighted by atomic mass is 9.86. The number of amides is 1. The van der Waals surface area contributed by atoms with Crippen LogP contribution in [0.1, 0.15) is 64.2 Å². The second-order valence-corrected chi connectivity index (χ2v) is 7.40. The summed E-state index contributed by atoms with van der Waals surface area (Å²) in [7, 11) is 0. The second kappa shape index (κ2) is 6.37. The molecule has 0 aromatic rings. The molecule has 118 valence electrons. The summed E-state index contributed by atoms with van der Waals surface area (Å²) >= 11 is 0. The van der Waals surface area contributed by atoms with E-state index in [2.05, 4.69) is 5.32 Å². The van der Waals surface area contributed by atoms with Crippen LogP contribution >= 0.6 is 0 Å². The van der Waals surface area contributed by atoms with Crippen molar-refractivity contribution >= 4 is 11.9 Å². The molecule has 3 fully saturated rings. The molecule has 0 saturated heterocycles. The van der Waals surface area contributed by atoms with Crippen molar-refractivity contribution in [3.8, 4) is 0 Å². The number of carboxylic acids is 1. The van der Waals surface area contributed by atoms with Gasteiger partial charge in [0.25, 0.3) is 0 Å². The topological polar surface area (TPSA) is 66.4 Å². The van der Waals surface area contributed by atoms with Crippen molar-refractivity contribution in [2.75, 3.05) is 0 Å². The van der Waals surface area contributed by atoms with Gasteiger partial charge in [-0.1, -0.05) is 25.7 Å². The zero-order valence-electron chi connectivity index (χ0n) is 12.7. The summed E-state index contributed by atoms with van der Waals surface area (Å²) < 4.78 is 0. The number of aliphatic carboxylic acids is 1. The van der Waals surface area contributed by atoms with Gasteiger partial charge in [-0.05, 0) is 49.9 Å². The van der Waals surface area contributed by atoms with Crippen molar-refractivity contribution in [1.29, 1.82) is 0 Å². The number of fused-ring (bicyclic) bond motifs is 2. The van der Waals surface area contributed by atoms with E-state index >= 15 is 0 Å². The highest BCUT2D eigenvalue weighted by Gasteiger charge is 2.40. The minimum atomic E-state index is -0.748.